The number of nitrogens with zero attached hydrogens (tertiary/aromatic N) is 1. The summed E-state index contributed by atoms with van der Waals surface area (Å²) >= 11 is 1.64. The van der Waals surface area contributed by atoms with Gasteiger partial charge in [-0.15, -0.1) is 11.3 Å². The van der Waals surface area contributed by atoms with Gasteiger partial charge in [-0.2, -0.15) is 0 Å². The maximum atomic E-state index is 12.4. The standard InChI is InChI=1S/C18H19NO4S/c1-22-15(20)11-13(18(21)23-2)16-12-7-3-4-8-14(12)24-17(16)19-9-5-6-10-19/h3-4,7-8,11H,5-6,9-10H2,1-2H3/b13-11+. The Morgan fingerprint density at radius 2 is 1.83 bits per heavy atom. The van der Waals surface area contributed by atoms with Crippen LogP contribution in [0.4, 0.5) is 5.00 Å². The molecule has 1 aliphatic rings. The second kappa shape index (κ2) is 7.05. The first kappa shape index (κ1) is 16.5. The van der Waals surface area contributed by atoms with Gasteiger partial charge in [-0.25, -0.2) is 9.59 Å². The largest absolute Gasteiger partial charge is 0.466 e. The van der Waals surface area contributed by atoms with Crippen molar-refractivity contribution in [1.82, 2.24) is 0 Å². The average Bonchev–Trinajstić information content (AvgIpc) is 3.26. The summed E-state index contributed by atoms with van der Waals surface area (Å²) in [5, 5.41) is 1.96. The molecule has 0 radical (unpaired) electrons. The van der Waals surface area contributed by atoms with Gasteiger partial charge in [-0.3, -0.25) is 0 Å². The Labute approximate surface area is 144 Å². The van der Waals surface area contributed by atoms with Gasteiger partial charge < -0.3 is 14.4 Å². The number of esters is 2. The van der Waals surface area contributed by atoms with Crippen molar-refractivity contribution >= 4 is 43.9 Å². The van der Waals surface area contributed by atoms with Crippen LogP contribution in [-0.4, -0.2) is 39.2 Å². The van der Waals surface area contributed by atoms with E-state index in [-0.39, 0.29) is 5.57 Å². The summed E-state index contributed by atoms with van der Waals surface area (Å²) < 4.78 is 10.7. The number of methoxy groups -OCH3 is 2. The third kappa shape index (κ3) is 3.01. The zero-order valence-corrected chi connectivity index (χ0v) is 14.5. The highest BCUT2D eigenvalue weighted by Crippen LogP contribution is 2.43. The van der Waals surface area contributed by atoms with Crippen LogP contribution in [0.1, 0.15) is 18.4 Å². The molecule has 126 valence electrons. The molecule has 0 spiro atoms. The summed E-state index contributed by atoms with van der Waals surface area (Å²) in [5.74, 6) is -1.11. The molecule has 24 heavy (non-hydrogen) atoms. The lowest BCUT2D eigenvalue weighted by Gasteiger charge is -2.18. The Kier molecular flexibility index (Phi) is 4.85. The molecule has 1 aromatic carbocycles. The van der Waals surface area contributed by atoms with E-state index in [4.69, 9.17) is 9.47 Å². The number of thiophene rings is 1. The van der Waals surface area contributed by atoms with Gasteiger partial charge in [0.2, 0.25) is 0 Å². The summed E-state index contributed by atoms with van der Waals surface area (Å²) in [5.41, 5.74) is 0.999. The number of fused-ring (bicyclic) bond motifs is 1. The lowest BCUT2D eigenvalue weighted by atomic mass is 10.0. The van der Waals surface area contributed by atoms with E-state index >= 15 is 0 Å². The molecular formula is C18H19NO4S. The van der Waals surface area contributed by atoms with Crippen LogP contribution in [0.15, 0.2) is 30.3 Å². The molecule has 2 aromatic rings. The summed E-state index contributed by atoms with van der Waals surface area (Å²) in [6.07, 6.45) is 3.48. The van der Waals surface area contributed by atoms with E-state index in [9.17, 15) is 9.59 Å². The van der Waals surface area contributed by atoms with Gasteiger partial charge in [-0.1, -0.05) is 18.2 Å². The highest BCUT2D eigenvalue weighted by Gasteiger charge is 2.27. The van der Waals surface area contributed by atoms with Crippen molar-refractivity contribution < 1.29 is 19.1 Å². The highest BCUT2D eigenvalue weighted by atomic mass is 32.1. The Balaban J connectivity index is 2.24. The maximum absolute atomic E-state index is 12.4. The van der Waals surface area contributed by atoms with Crippen LogP contribution in [0, 0.1) is 0 Å². The molecule has 5 nitrogen and oxygen atoms in total. The topological polar surface area (TPSA) is 55.8 Å². The fourth-order valence-corrected chi connectivity index (χ4v) is 4.22. The molecule has 1 aromatic heterocycles. The molecule has 2 heterocycles. The van der Waals surface area contributed by atoms with Crippen LogP contribution in [0.2, 0.25) is 0 Å². The van der Waals surface area contributed by atoms with Crippen LogP contribution >= 0.6 is 11.3 Å². The molecule has 0 atom stereocenters. The molecule has 0 amide bonds. The number of benzene rings is 1. The van der Waals surface area contributed by atoms with Crippen molar-refractivity contribution in [2.45, 2.75) is 12.8 Å². The van der Waals surface area contributed by atoms with Crippen molar-refractivity contribution in [2.75, 3.05) is 32.2 Å². The van der Waals surface area contributed by atoms with E-state index in [1.165, 1.54) is 20.3 Å². The van der Waals surface area contributed by atoms with Crippen LogP contribution in [0.25, 0.3) is 15.7 Å². The number of rotatable bonds is 4. The van der Waals surface area contributed by atoms with Gasteiger partial charge in [0.1, 0.15) is 5.00 Å². The van der Waals surface area contributed by atoms with Gasteiger partial charge >= 0.3 is 11.9 Å². The zero-order valence-electron chi connectivity index (χ0n) is 13.7. The SMILES string of the molecule is COC(=O)/C=C(/C(=O)OC)c1c(N2CCCC2)sc2ccccc12. The number of hydrogen-bond donors (Lipinski definition) is 0. The number of hydrogen-bond acceptors (Lipinski definition) is 6. The molecule has 1 fully saturated rings. The zero-order chi connectivity index (χ0) is 17.1. The minimum absolute atomic E-state index is 0.240. The first-order chi connectivity index (χ1) is 11.7. The number of ether oxygens (including phenoxy) is 2. The molecule has 1 saturated heterocycles. The van der Waals surface area contributed by atoms with Crippen LogP contribution in [0.5, 0.6) is 0 Å². The molecule has 3 rings (SSSR count). The Morgan fingerprint density at radius 1 is 1.12 bits per heavy atom. The third-order valence-electron chi connectivity index (χ3n) is 4.11. The Hall–Kier alpha value is -2.34. The Bertz CT molecular complexity index is 802. The molecule has 0 aliphatic carbocycles. The van der Waals surface area contributed by atoms with Crippen molar-refractivity contribution in [3.05, 3.63) is 35.9 Å². The van der Waals surface area contributed by atoms with E-state index in [1.54, 1.807) is 11.3 Å². The highest BCUT2D eigenvalue weighted by molar-refractivity contribution is 7.23. The van der Waals surface area contributed by atoms with Crippen LogP contribution < -0.4 is 4.90 Å². The molecule has 0 unspecified atom stereocenters. The predicted octanol–water partition coefficient (Wildman–Crippen LogP) is 3.23. The normalized spacial score (nSPS) is 14.9. The first-order valence-corrected chi connectivity index (χ1v) is 8.62. The first-order valence-electron chi connectivity index (χ1n) is 7.80. The van der Waals surface area contributed by atoms with Gasteiger partial charge in [0.15, 0.2) is 0 Å². The molecule has 1 aliphatic heterocycles. The minimum atomic E-state index is -0.571. The van der Waals surface area contributed by atoms with E-state index < -0.39 is 11.9 Å². The second-order valence-corrected chi connectivity index (χ2v) is 6.58. The van der Waals surface area contributed by atoms with Crippen molar-refractivity contribution in [3.8, 4) is 0 Å². The fraction of sp³-hybridized carbons (Fsp3) is 0.333. The molecular weight excluding hydrogens is 326 g/mol. The van der Waals surface area contributed by atoms with Crippen LogP contribution in [0.3, 0.4) is 0 Å². The van der Waals surface area contributed by atoms with E-state index in [0.29, 0.717) is 0 Å². The summed E-state index contributed by atoms with van der Waals surface area (Å²) in [6.45, 7) is 1.90. The van der Waals surface area contributed by atoms with Crippen LogP contribution in [-0.2, 0) is 19.1 Å². The number of anilines is 1. The van der Waals surface area contributed by atoms with Crippen molar-refractivity contribution in [1.29, 1.82) is 0 Å². The quantitative estimate of drug-likeness (QED) is 0.629. The van der Waals surface area contributed by atoms with Crippen molar-refractivity contribution in [2.24, 2.45) is 0 Å². The molecule has 0 saturated carbocycles. The lowest BCUT2D eigenvalue weighted by Crippen LogP contribution is -2.18. The van der Waals surface area contributed by atoms with Gasteiger partial charge in [0, 0.05) is 34.8 Å². The average molecular weight is 345 g/mol. The fourth-order valence-electron chi connectivity index (χ4n) is 2.96. The summed E-state index contributed by atoms with van der Waals surface area (Å²) in [6, 6.07) is 7.89. The van der Waals surface area contributed by atoms with Gasteiger partial charge in [0.25, 0.3) is 0 Å². The molecule has 0 bridgehead atoms. The molecule has 0 N–H and O–H groups in total. The van der Waals surface area contributed by atoms with E-state index in [1.807, 2.05) is 24.3 Å². The van der Waals surface area contributed by atoms with Gasteiger partial charge in [-0.05, 0) is 18.9 Å². The summed E-state index contributed by atoms with van der Waals surface area (Å²) in [4.78, 5) is 26.4. The number of carbonyl (C=O) groups excluding carboxylic acids is 2. The van der Waals surface area contributed by atoms with Crippen molar-refractivity contribution in [3.63, 3.8) is 0 Å². The number of carbonyl (C=O) groups is 2. The van der Waals surface area contributed by atoms with Gasteiger partial charge in [0.05, 0.1) is 19.8 Å². The lowest BCUT2D eigenvalue weighted by molar-refractivity contribution is -0.136. The summed E-state index contributed by atoms with van der Waals surface area (Å²) in [7, 11) is 2.61. The minimum Gasteiger partial charge on any atom is -0.466 e. The predicted molar refractivity (Wildman–Crippen MR) is 95.3 cm³/mol. The monoisotopic (exact) mass is 345 g/mol. The smallest absolute Gasteiger partial charge is 0.338 e. The Morgan fingerprint density at radius 3 is 2.50 bits per heavy atom. The second-order valence-electron chi connectivity index (χ2n) is 5.55. The molecule has 6 heteroatoms. The third-order valence-corrected chi connectivity index (χ3v) is 5.34. The van der Waals surface area contributed by atoms with E-state index in [2.05, 4.69) is 4.90 Å². The van der Waals surface area contributed by atoms with E-state index in [0.717, 1.165) is 46.6 Å². The maximum Gasteiger partial charge on any atom is 0.338 e.